The summed E-state index contributed by atoms with van der Waals surface area (Å²) in [4.78, 5) is 0. The zero-order chi connectivity index (χ0) is 8.91. The summed E-state index contributed by atoms with van der Waals surface area (Å²) in [6, 6.07) is 0. The smallest absolute Gasteiger partial charge is 0.0794 e. The molecule has 11 heavy (non-hydrogen) atoms. The molecule has 68 valence electrons. The average molecular weight is 159 g/mol. The van der Waals surface area contributed by atoms with Gasteiger partial charge in [0.05, 0.1) is 5.60 Å². The molecule has 0 fully saturated rings. The molecule has 0 aromatic heterocycles. The maximum atomic E-state index is 9.96. The second-order valence-corrected chi connectivity index (χ2v) is 3.37. The van der Waals surface area contributed by atoms with Gasteiger partial charge in [0.25, 0.3) is 0 Å². The summed E-state index contributed by atoms with van der Waals surface area (Å²) >= 11 is 0. The van der Waals surface area contributed by atoms with E-state index in [-0.39, 0.29) is 0 Å². The Balaban J connectivity index is 4.07. The summed E-state index contributed by atoms with van der Waals surface area (Å²) in [7, 11) is 0. The molecule has 0 aliphatic heterocycles. The number of rotatable bonds is 5. The zero-order valence-corrected chi connectivity index (χ0v) is 7.93. The van der Waals surface area contributed by atoms with Gasteiger partial charge in [0, 0.05) is 6.54 Å². The lowest BCUT2D eigenvalue weighted by Crippen LogP contribution is -2.43. The molecule has 0 saturated heterocycles. The monoisotopic (exact) mass is 159 g/mol. The zero-order valence-electron chi connectivity index (χ0n) is 7.93. The van der Waals surface area contributed by atoms with Gasteiger partial charge in [-0.3, -0.25) is 0 Å². The van der Waals surface area contributed by atoms with Crippen molar-refractivity contribution in [1.29, 1.82) is 0 Å². The Morgan fingerprint density at radius 3 is 2.27 bits per heavy atom. The Morgan fingerprint density at radius 2 is 2.00 bits per heavy atom. The van der Waals surface area contributed by atoms with Crippen molar-refractivity contribution in [3.05, 3.63) is 0 Å². The maximum absolute atomic E-state index is 9.96. The molecule has 0 aromatic rings. The van der Waals surface area contributed by atoms with E-state index < -0.39 is 5.60 Å². The summed E-state index contributed by atoms with van der Waals surface area (Å²) in [5, 5.41) is 9.96. The maximum Gasteiger partial charge on any atom is 0.0794 e. The molecule has 2 unspecified atom stereocenters. The highest BCUT2D eigenvalue weighted by molar-refractivity contribution is 4.83. The first kappa shape index (κ1) is 10.9. The molecule has 2 atom stereocenters. The minimum absolute atomic E-state index is 0.312. The number of aliphatic hydroxyl groups is 1. The highest BCUT2D eigenvalue weighted by atomic mass is 16.3. The largest absolute Gasteiger partial charge is 0.388 e. The van der Waals surface area contributed by atoms with Crippen molar-refractivity contribution in [3.8, 4) is 0 Å². The minimum Gasteiger partial charge on any atom is -0.388 e. The molecule has 0 radical (unpaired) electrons. The van der Waals surface area contributed by atoms with E-state index in [1.807, 2.05) is 0 Å². The molecule has 2 heteroatoms. The normalized spacial score (nSPS) is 19.4. The van der Waals surface area contributed by atoms with Gasteiger partial charge >= 0.3 is 0 Å². The van der Waals surface area contributed by atoms with Crippen LogP contribution in [-0.4, -0.2) is 17.3 Å². The van der Waals surface area contributed by atoms with Crippen molar-refractivity contribution in [2.24, 2.45) is 11.7 Å². The fourth-order valence-electron chi connectivity index (χ4n) is 1.36. The van der Waals surface area contributed by atoms with Crippen molar-refractivity contribution in [2.45, 2.75) is 45.6 Å². The summed E-state index contributed by atoms with van der Waals surface area (Å²) in [5.74, 6) is 0.312. The first-order valence-electron chi connectivity index (χ1n) is 4.53. The molecule has 0 rings (SSSR count). The van der Waals surface area contributed by atoms with Crippen LogP contribution in [0.1, 0.15) is 40.0 Å². The fourth-order valence-corrected chi connectivity index (χ4v) is 1.36. The van der Waals surface area contributed by atoms with Gasteiger partial charge < -0.3 is 10.8 Å². The van der Waals surface area contributed by atoms with Crippen molar-refractivity contribution >= 4 is 0 Å². The minimum atomic E-state index is -0.622. The first-order valence-corrected chi connectivity index (χ1v) is 4.53. The number of hydrogen-bond donors (Lipinski definition) is 2. The molecular weight excluding hydrogens is 138 g/mol. The third-order valence-electron chi connectivity index (χ3n) is 2.57. The Hall–Kier alpha value is -0.0800. The van der Waals surface area contributed by atoms with Gasteiger partial charge in [-0.15, -0.1) is 0 Å². The van der Waals surface area contributed by atoms with E-state index in [4.69, 9.17) is 5.73 Å². The van der Waals surface area contributed by atoms with E-state index >= 15 is 0 Å². The lowest BCUT2D eigenvalue weighted by atomic mass is 9.83. The Labute approximate surface area is 69.8 Å². The second kappa shape index (κ2) is 4.73. The molecule has 0 aliphatic carbocycles. The van der Waals surface area contributed by atoms with Gasteiger partial charge in [-0.2, -0.15) is 0 Å². The van der Waals surface area contributed by atoms with Crippen LogP contribution in [0.2, 0.25) is 0 Å². The van der Waals surface area contributed by atoms with Gasteiger partial charge in [0.2, 0.25) is 0 Å². The van der Waals surface area contributed by atoms with Gasteiger partial charge in [-0.25, -0.2) is 0 Å². The summed E-state index contributed by atoms with van der Waals surface area (Å²) in [6.45, 7) is 6.60. The van der Waals surface area contributed by atoms with Crippen LogP contribution in [0.5, 0.6) is 0 Å². The predicted octanol–water partition coefficient (Wildman–Crippen LogP) is 1.52. The molecule has 0 bridgehead atoms. The third-order valence-corrected chi connectivity index (χ3v) is 2.57. The van der Waals surface area contributed by atoms with Crippen LogP contribution in [0, 0.1) is 5.92 Å². The van der Waals surface area contributed by atoms with E-state index in [1.165, 1.54) is 0 Å². The fraction of sp³-hybridized carbons (Fsp3) is 1.00. The Bertz CT molecular complexity index is 106. The van der Waals surface area contributed by atoms with E-state index in [9.17, 15) is 5.11 Å². The SMILES string of the molecule is CCCC(O)(CN)C(C)CC. The second-order valence-electron chi connectivity index (χ2n) is 3.37. The van der Waals surface area contributed by atoms with Crippen LogP contribution in [0.15, 0.2) is 0 Å². The standard InChI is InChI=1S/C9H21NO/c1-4-6-9(11,7-10)8(3)5-2/h8,11H,4-7,10H2,1-3H3. The average Bonchev–Trinajstić information content (AvgIpc) is 2.03. The van der Waals surface area contributed by atoms with Crippen LogP contribution >= 0.6 is 0 Å². The highest BCUT2D eigenvalue weighted by Gasteiger charge is 2.29. The molecule has 0 amide bonds. The molecule has 0 spiro atoms. The number of hydrogen-bond acceptors (Lipinski definition) is 2. The third kappa shape index (κ3) is 2.80. The van der Waals surface area contributed by atoms with Gasteiger partial charge in [-0.1, -0.05) is 33.6 Å². The lowest BCUT2D eigenvalue weighted by Gasteiger charge is -2.32. The van der Waals surface area contributed by atoms with E-state index in [0.29, 0.717) is 12.5 Å². The Kier molecular flexibility index (Phi) is 4.69. The van der Waals surface area contributed by atoms with E-state index in [0.717, 1.165) is 19.3 Å². The molecule has 3 N–H and O–H groups in total. The summed E-state index contributed by atoms with van der Waals surface area (Å²) in [6.07, 6.45) is 2.81. The molecule has 2 nitrogen and oxygen atoms in total. The van der Waals surface area contributed by atoms with E-state index in [2.05, 4.69) is 20.8 Å². The van der Waals surface area contributed by atoms with Crippen LogP contribution in [-0.2, 0) is 0 Å². The molecule has 0 heterocycles. The molecule has 0 aliphatic rings. The first-order chi connectivity index (χ1) is 5.10. The quantitative estimate of drug-likeness (QED) is 0.639. The van der Waals surface area contributed by atoms with Gasteiger partial charge in [-0.05, 0) is 12.3 Å². The predicted molar refractivity (Wildman–Crippen MR) is 48.4 cm³/mol. The van der Waals surface area contributed by atoms with Crippen molar-refractivity contribution in [2.75, 3.05) is 6.54 Å². The van der Waals surface area contributed by atoms with Crippen LogP contribution in [0.4, 0.5) is 0 Å². The topological polar surface area (TPSA) is 46.2 Å². The molecule has 0 saturated carbocycles. The van der Waals surface area contributed by atoms with Crippen LogP contribution in [0.25, 0.3) is 0 Å². The van der Waals surface area contributed by atoms with Gasteiger partial charge in [0.1, 0.15) is 0 Å². The molecular formula is C9H21NO. The lowest BCUT2D eigenvalue weighted by molar-refractivity contribution is -0.0131. The highest BCUT2D eigenvalue weighted by Crippen LogP contribution is 2.24. The van der Waals surface area contributed by atoms with Crippen LogP contribution < -0.4 is 5.73 Å². The summed E-state index contributed by atoms with van der Waals surface area (Å²) < 4.78 is 0. The Morgan fingerprint density at radius 1 is 1.45 bits per heavy atom. The van der Waals surface area contributed by atoms with Crippen molar-refractivity contribution < 1.29 is 5.11 Å². The molecule has 0 aromatic carbocycles. The number of nitrogens with two attached hydrogens (primary N) is 1. The van der Waals surface area contributed by atoms with Gasteiger partial charge in [0.15, 0.2) is 0 Å². The van der Waals surface area contributed by atoms with Crippen molar-refractivity contribution in [3.63, 3.8) is 0 Å². The summed E-state index contributed by atoms with van der Waals surface area (Å²) in [5.41, 5.74) is 4.90. The van der Waals surface area contributed by atoms with Crippen molar-refractivity contribution in [1.82, 2.24) is 0 Å². The van der Waals surface area contributed by atoms with E-state index in [1.54, 1.807) is 0 Å². The van der Waals surface area contributed by atoms with Crippen LogP contribution in [0.3, 0.4) is 0 Å².